The first-order valence-corrected chi connectivity index (χ1v) is 27.4. The van der Waals surface area contributed by atoms with Crippen molar-refractivity contribution in [2.45, 2.75) is 135 Å². The van der Waals surface area contributed by atoms with Crippen LogP contribution in [-0.4, -0.2) is 123 Å². The molecule has 1 fully saturated rings. The van der Waals surface area contributed by atoms with E-state index < -0.39 is 84.6 Å². The molecule has 0 spiro atoms. The largest absolute Gasteiger partial charge is 0.481 e. The molecule has 0 bridgehead atoms. The number of allylic oxidation sites excluding steroid dienone is 4. The SMILES string of the molecule is CCCCCCCC/C=C\C/C=C\CCCCC(=O)SCCNC(=O)CCNC(=O)[C@H](O)C(C)(C)COP(=O)(O)OP(=O)(O)OC[C@H]1O[C@@H](n2cnc3c(N)ncnc32)[C@H](O)[C@@H]1OP(=O)(O)O. The highest BCUT2D eigenvalue weighted by molar-refractivity contribution is 8.13. The summed E-state index contributed by atoms with van der Waals surface area (Å²) in [5.74, 6) is -1.06. The number of nitrogens with one attached hydrogen (secondary N) is 2. The van der Waals surface area contributed by atoms with Crippen molar-refractivity contribution in [1.82, 2.24) is 30.2 Å². The molecular formula is C39H66N7O17P3S. The number of amides is 2. The molecule has 10 N–H and O–H groups in total. The minimum absolute atomic E-state index is 0.0319. The number of nitrogens with two attached hydrogens (primary N) is 1. The van der Waals surface area contributed by atoms with Crippen molar-refractivity contribution in [3.63, 3.8) is 0 Å². The highest BCUT2D eigenvalue weighted by Gasteiger charge is 2.50. The summed E-state index contributed by atoms with van der Waals surface area (Å²) in [5, 5.41) is 26.6. The summed E-state index contributed by atoms with van der Waals surface area (Å²) in [5.41, 5.74) is 4.28. The van der Waals surface area contributed by atoms with Gasteiger partial charge >= 0.3 is 23.5 Å². The van der Waals surface area contributed by atoms with Crippen LogP contribution in [0, 0.1) is 5.41 Å². The Kier molecular flexibility index (Phi) is 24.9. The second-order valence-corrected chi connectivity index (χ2v) is 21.7. The van der Waals surface area contributed by atoms with Crippen LogP contribution in [0.2, 0.25) is 0 Å². The Morgan fingerprint density at radius 3 is 2.25 bits per heavy atom. The average molecular weight is 1030 g/mol. The summed E-state index contributed by atoms with van der Waals surface area (Å²) in [7, 11) is -16.4. The van der Waals surface area contributed by atoms with Crippen molar-refractivity contribution in [3.05, 3.63) is 37.0 Å². The first-order chi connectivity index (χ1) is 31.6. The van der Waals surface area contributed by atoms with Crippen LogP contribution in [0.25, 0.3) is 11.2 Å². The molecule has 2 aromatic heterocycles. The normalized spacial score (nSPS) is 20.3. The molecule has 0 aliphatic carbocycles. The van der Waals surface area contributed by atoms with E-state index >= 15 is 0 Å². The number of imidazole rings is 1. The molecule has 380 valence electrons. The molecule has 1 saturated heterocycles. The molecule has 0 saturated carbocycles. The Hall–Kier alpha value is -2.96. The van der Waals surface area contributed by atoms with Gasteiger partial charge < -0.3 is 50.9 Å². The molecule has 2 amide bonds. The molecule has 24 nitrogen and oxygen atoms in total. The van der Waals surface area contributed by atoms with E-state index in [1.165, 1.54) is 52.4 Å². The highest BCUT2D eigenvalue weighted by Crippen LogP contribution is 2.61. The zero-order chi connectivity index (χ0) is 49.7. The number of hydrogen-bond donors (Lipinski definition) is 9. The maximum absolute atomic E-state index is 12.7. The molecule has 1 aliphatic heterocycles. The number of fused-ring (bicyclic) bond motifs is 1. The van der Waals surface area contributed by atoms with Gasteiger partial charge in [-0.2, -0.15) is 4.31 Å². The van der Waals surface area contributed by atoms with Gasteiger partial charge in [0.15, 0.2) is 22.8 Å². The van der Waals surface area contributed by atoms with E-state index in [1.54, 1.807) is 0 Å². The molecule has 3 heterocycles. The number of hydrogen-bond acceptors (Lipinski definition) is 18. The lowest BCUT2D eigenvalue weighted by Gasteiger charge is -2.30. The average Bonchev–Trinajstić information content (AvgIpc) is 3.81. The first kappa shape index (κ1) is 58.4. The maximum Gasteiger partial charge on any atom is 0.481 e. The third-order valence-corrected chi connectivity index (χ3v) is 14.1. The van der Waals surface area contributed by atoms with E-state index in [1.807, 2.05) is 0 Å². The molecule has 7 atom stereocenters. The zero-order valence-corrected chi connectivity index (χ0v) is 41.4. The third kappa shape index (κ3) is 21.7. The van der Waals surface area contributed by atoms with Crippen LogP contribution in [0.15, 0.2) is 37.0 Å². The third-order valence-electron chi connectivity index (χ3n) is 10.1. The van der Waals surface area contributed by atoms with Crippen LogP contribution in [0.1, 0.15) is 110 Å². The van der Waals surface area contributed by atoms with Crippen LogP contribution in [-0.2, 0) is 50.7 Å². The standard InChI is InChI=1S/C39H66N7O17P3S/c1-4-5-6-7-8-9-10-11-12-13-14-15-16-17-18-19-30(48)67-23-22-41-29(47)20-21-42-37(51)34(50)39(2,3)25-60-66(57,58)63-65(55,56)59-24-28-33(62-64(52,53)54)32(49)38(61-28)46-27-45-31-35(40)43-26-44-36(31)46/h11-12,14-15,26-28,32-34,38,49-50H,4-10,13,16-25H2,1-3H3,(H,41,47)(H,42,51)(H,55,56)(H,57,58)(H2,40,43,44)(H2,52,53,54)/b12-11-,15-14-/t28-,32-,33-,34+,38-/m1/s1. The van der Waals surface area contributed by atoms with E-state index in [2.05, 4.69) is 65.6 Å². The van der Waals surface area contributed by atoms with Crippen LogP contribution in [0.5, 0.6) is 0 Å². The van der Waals surface area contributed by atoms with Gasteiger partial charge in [-0.15, -0.1) is 0 Å². The van der Waals surface area contributed by atoms with E-state index in [9.17, 15) is 57.9 Å². The quantitative estimate of drug-likeness (QED) is 0.0270. The van der Waals surface area contributed by atoms with Crippen LogP contribution in [0.4, 0.5) is 5.82 Å². The highest BCUT2D eigenvalue weighted by atomic mass is 32.2. The summed E-state index contributed by atoms with van der Waals surface area (Å²) < 4.78 is 62.4. The van der Waals surface area contributed by atoms with Crippen LogP contribution < -0.4 is 16.4 Å². The van der Waals surface area contributed by atoms with Crippen molar-refractivity contribution in [1.29, 1.82) is 0 Å². The fourth-order valence-electron chi connectivity index (χ4n) is 6.45. The second-order valence-electron chi connectivity index (χ2n) is 16.3. The van der Waals surface area contributed by atoms with Gasteiger partial charge in [-0.3, -0.25) is 32.5 Å². The fraction of sp³-hybridized carbons (Fsp3) is 0.692. The van der Waals surface area contributed by atoms with Gasteiger partial charge in [0, 0.05) is 37.1 Å². The van der Waals surface area contributed by atoms with Crippen molar-refractivity contribution in [2.24, 2.45) is 5.41 Å². The summed E-state index contributed by atoms with van der Waals surface area (Å²) in [6.07, 6.45) is 14.6. The van der Waals surface area contributed by atoms with Crippen molar-refractivity contribution in [2.75, 3.05) is 37.8 Å². The van der Waals surface area contributed by atoms with Gasteiger partial charge in [0.25, 0.3) is 0 Å². The lowest BCUT2D eigenvalue weighted by atomic mass is 9.87. The summed E-state index contributed by atoms with van der Waals surface area (Å²) in [6.45, 7) is 2.76. The molecule has 67 heavy (non-hydrogen) atoms. The van der Waals surface area contributed by atoms with Gasteiger partial charge in [0.2, 0.25) is 11.8 Å². The van der Waals surface area contributed by atoms with Gasteiger partial charge in [-0.05, 0) is 38.5 Å². The number of carbonyl (C=O) groups excluding carboxylic acids is 3. The Bertz CT molecular complexity index is 2090. The first-order valence-electron chi connectivity index (χ1n) is 21.9. The van der Waals surface area contributed by atoms with Crippen LogP contribution in [0.3, 0.4) is 0 Å². The fourth-order valence-corrected chi connectivity index (χ4v) is 10.00. The second kappa shape index (κ2) is 28.6. The molecule has 0 aromatic carbocycles. The molecule has 0 radical (unpaired) electrons. The number of unbranched alkanes of at least 4 members (excludes halogenated alkanes) is 8. The summed E-state index contributed by atoms with van der Waals surface area (Å²) in [6, 6.07) is 0. The van der Waals surface area contributed by atoms with Gasteiger partial charge in [0.1, 0.15) is 36.3 Å². The Morgan fingerprint density at radius 2 is 1.57 bits per heavy atom. The Morgan fingerprint density at radius 1 is 0.910 bits per heavy atom. The smallest absolute Gasteiger partial charge is 0.386 e. The zero-order valence-electron chi connectivity index (χ0n) is 37.9. The number of nitrogen functional groups attached to an aromatic ring is 1. The molecule has 1 aliphatic rings. The summed E-state index contributed by atoms with van der Waals surface area (Å²) >= 11 is 1.13. The minimum Gasteiger partial charge on any atom is -0.386 e. The Labute approximate surface area is 393 Å². The van der Waals surface area contributed by atoms with Gasteiger partial charge in [0.05, 0.1) is 19.5 Å². The van der Waals surface area contributed by atoms with Gasteiger partial charge in [-0.25, -0.2) is 28.6 Å². The number of aliphatic hydroxyl groups is 2. The van der Waals surface area contributed by atoms with Crippen LogP contribution >= 0.6 is 35.2 Å². The molecular weight excluding hydrogens is 963 g/mol. The number of aliphatic hydroxyl groups excluding tert-OH is 2. The van der Waals surface area contributed by atoms with Crippen molar-refractivity contribution >= 4 is 69.1 Å². The minimum atomic E-state index is -5.58. The number of aromatic nitrogens is 4. The number of carbonyl (C=O) groups is 3. The monoisotopic (exact) mass is 1030 g/mol. The number of anilines is 1. The molecule has 2 unspecified atom stereocenters. The number of ether oxygens (including phenoxy) is 1. The number of nitrogens with zero attached hydrogens (tertiary/aromatic N) is 4. The predicted molar refractivity (Wildman–Crippen MR) is 246 cm³/mol. The topological polar surface area (TPSA) is 364 Å². The van der Waals surface area contributed by atoms with E-state index in [-0.39, 0.29) is 41.6 Å². The number of thioether (sulfide) groups is 1. The van der Waals surface area contributed by atoms with Crippen molar-refractivity contribution < 1.29 is 80.5 Å². The lowest BCUT2D eigenvalue weighted by molar-refractivity contribution is -0.137. The van der Waals surface area contributed by atoms with E-state index in [4.69, 9.17) is 19.5 Å². The lowest BCUT2D eigenvalue weighted by Crippen LogP contribution is -2.46. The van der Waals surface area contributed by atoms with Gasteiger partial charge in [-0.1, -0.05) is 88.9 Å². The van der Waals surface area contributed by atoms with Crippen molar-refractivity contribution in [3.8, 4) is 0 Å². The maximum atomic E-state index is 12.7. The van der Waals surface area contributed by atoms with E-state index in [0.717, 1.165) is 61.1 Å². The molecule has 3 rings (SSSR count). The molecule has 28 heteroatoms. The Balaban J connectivity index is 1.32. The summed E-state index contributed by atoms with van der Waals surface area (Å²) in [4.78, 5) is 88.3. The van der Waals surface area contributed by atoms with E-state index in [0.29, 0.717) is 12.2 Å². The predicted octanol–water partition coefficient (Wildman–Crippen LogP) is 4.48. The number of rotatable bonds is 33. The number of phosphoric acid groups is 3. The number of phosphoric ester groups is 3. The molecule has 2 aromatic rings.